The first kappa shape index (κ1) is 16.7. The van der Waals surface area contributed by atoms with Gasteiger partial charge in [0.2, 0.25) is 0 Å². The minimum Gasteiger partial charge on any atom is -0.449 e. The predicted molar refractivity (Wildman–Crippen MR) is 75.0 cm³/mol. The first-order valence-electron chi connectivity index (χ1n) is 5.83. The van der Waals surface area contributed by atoms with Crippen LogP contribution in [0.5, 0.6) is 0 Å². The smallest absolute Gasteiger partial charge is 0.422 e. The van der Waals surface area contributed by atoms with Gasteiger partial charge < -0.3 is 10.5 Å². The molecule has 114 valence electrons. The van der Waals surface area contributed by atoms with Gasteiger partial charge in [-0.1, -0.05) is 11.8 Å². The fourth-order valence-corrected chi connectivity index (χ4v) is 2.09. The van der Waals surface area contributed by atoms with E-state index in [1.54, 1.807) is 4.72 Å². The Morgan fingerprint density at radius 1 is 1.48 bits per heavy atom. The molecule has 4 N–H and O–H groups in total. The number of ether oxygens (including phenoxy) is 1. The van der Waals surface area contributed by atoms with E-state index in [1.165, 1.54) is 13.0 Å². The van der Waals surface area contributed by atoms with Crippen molar-refractivity contribution >= 4 is 22.0 Å². The van der Waals surface area contributed by atoms with Gasteiger partial charge in [0.05, 0.1) is 24.4 Å². The summed E-state index contributed by atoms with van der Waals surface area (Å²) >= 11 is 0. The summed E-state index contributed by atoms with van der Waals surface area (Å²) in [5.41, 5.74) is 5.31. The number of benzene rings is 1. The number of halogens is 1. The van der Waals surface area contributed by atoms with Crippen LogP contribution in [0.15, 0.2) is 18.2 Å². The van der Waals surface area contributed by atoms with Gasteiger partial charge >= 0.3 is 16.3 Å². The molecule has 21 heavy (non-hydrogen) atoms. The van der Waals surface area contributed by atoms with Gasteiger partial charge in [-0.25, -0.2) is 13.9 Å². The fourth-order valence-electron chi connectivity index (χ4n) is 1.30. The van der Waals surface area contributed by atoms with Gasteiger partial charge in [0.1, 0.15) is 5.82 Å². The molecule has 0 saturated carbocycles. The maximum Gasteiger partial charge on any atom is 0.422 e. The average molecular weight is 315 g/mol. The molecule has 1 aromatic rings. The average Bonchev–Trinajstić information content (AvgIpc) is 2.38. The van der Waals surface area contributed by atoms with Gasteiger partial charge in [0.25, 0.3) is 0 Å². The minimum absolute atomic E-state index is 0.00847. The largest absolute Gasteiger partial charge is 0.449 e. The van der Waals surface area contributed by atoms with Gasteiger partial charge in [0.15, 0.2) is 0 Å². The van der Waals surface area contributed by atoms with Gasteiger partial charge in [-0.05, 0) is 25.1 Å². The van der Waals surface area contributed by atoms with Gasteiger partial charge in [-0.3, -0.25) is 4.72 Å². The van der Waals surface area contributed by atoms with E-state index in [0.29, 0.717) is 0 Å². The Labute approximate surface area is 121 Å². The monoisotopic (exact) mass is 315 g/mol. The number of rotatable bonds is 4. The summed E-state index contributed by atoms with van der Waals surface area (Å²) < 4.78 is 44.7. The Kier molecular flexibility index (Phi) is 5.95. The molecule has 1 amide bonds. The summed E-state index contributed by atoms with van der Waals surface area (Å²) in [5, 5.41) is 0. The molecule has 0 unspecified atom stereocenters. The van der Waals surface area contributed by atoms with E-state index >= 15 is 0 Å². The number of hydrogen-bond donors (Lipinski definition) is 3. The number of carbonyl (C=O) groups is 1. The molecule has 9 heteroatoms. The third-order valence-electron chi connectivity index (χ3n) is 2.04. The van der Waals surface area contributed by atoms with Crippen LogP contribution in [0.1, 0.15) is 12.5 Å². The maximum atomic E-state index is 13.2. The zero-order valence-corrected chi connectivity index (χ0v) is 12.0. The van der Waals surface area contributed by atoms with Crippen molar-refractivity contribution in [2.75, 3.05) is 17.9 Å². The second kappa shape index (κ2) is 7.47. The highest BCUT2D eigenvalue weighted by Crippen LogP contribution is 2.17. The van der Waals surface area contributed by atoms with Crippen molar-refractivity contribution in [2.24, 2.45) is 5.73 Å². The van der Waals surface area contributed by atoms with Crippen LogP contribution in [0.4, 0.5) is 14.9 Å². The van der Waals surface area contributed by atoms with Crippen LogP contribution in [-0.4, -0.2) is 27.7 Å². The first-order chi connectivity index (χ1) is 9.88. The van der Waals surface area contributed by atoms with Crippen LogP contribution in [0, 0.1) is 17.7 Å². The predicted octanol–water partition coefficient (Wildman–Crippen LogP) is 0.539. The molecular formula is C12H14FN3O4S. The Morgan fingerprint density at radius 3 is 2.81 bits per heavy atom. The third kappa shape index (κ3) is 5.68. The van der Waals surface area contributed by atoms with Gasteiger partial charge in [-0.2, -0.15) is 8.42 Å². The third-order valence-corrected chi connectivity index (χ3v) is 2.97. The zero-order valence-electron chi connectivity index (χ0n) is 11.1. The lowest BCUT2D eigenvalue weighted by molar-refractivity contribution is 0.159. The Hall–Kier alpha value is -2.31. The zero-order chi connectivity index (χ0) is 15.9. The number of nitrogens with one attached hydrogen (secondary N) is 2. The van der Waals surface area contributed by atoms with E-state index in [9.17, 15) is 17.6 Å². The Balaban J connectivity index is 2.99. The van der Waals surface area contributed by atoms with E-state index in [-0.39, 0.29) is 24.4 Å². The molecule has 7 nitrogen and oxygen atoms in total. The minimum atomic E-state index is -4.21. The molecule has 0 spiro atoms. The normalized spacial score (nSPS) is 10.2. The van der Waals surface area contributed by atoms with Crippen LogP contribution < -0.4 is 15.2 Å². The molecule has 1 rings (SSSR count). The number of carbonyl (C=O) groups excluding carboxylic acids is 1. The van der Waals surface area contributed by atoms with Crippen LogP contribution in [0.2, 0.25) is 0 Å². The van der Waals surface area contributed by atoms with Crippen molar-refractivity contribution in [3.8, 4) is 11.8 Å². The van der Waals surface area contributed by atoms with Crippen molar-refractivity contribution in [3.05, 3.63) is 29.6 Å². The van der Waals surface area contributed by atoms with Crippen molar-refractivity contribution in [3.63, 3.8) is 0 Å². The molecule has 1 aromatic carbocycles. The SMILES string of the molecule is CCOC(=O)NS(=O)(=O)Nc1ccc(F)cc1C#CCN. The number of anilines is 1. The number of nitrogens with two attached hydrogens (primary N) is 1. The summed E-state index contributed by atoms with van der Waals surface area (Å²) in [7, 11) is -4.21. The van der Waals surface area contributed by atoms with Crippen LogP contribution in [0.25, 0.3) is 0 Å². The van der Waals surface area contributed by atoms with Crippen molar-refractivity contribution < 1.29 is 22.3 Å². The standard InChI is InChI=1S/C12H14FN3O4S/c1-2-20-12(17)16-21(18,19)15-11-6-5-10(13)8-9(11)4-3-7-14/h5-6,8,15H,2,7,14H2,1H3,(H,16,17). The Morgan fingerprint density at radius 2 is 2.19 bits per heavy atom. The molecule has 0 fully saturated rings. The molecule has 0 atom stereocenters. The van der Waals surface area contributed by atoms with Crippen LogP contribution >= 0.6 is 0 Å². The molecule has 0 aliphatic rings. The highest BCUT2D eigenvalue weighted by Gasteiger charge is 2.16. The number of hydrogen-bond acceptors (Lipinski definition) is 5. The first-order valence-corrected chi connectivity index (χ1v) is 7.32. The molecule has 0 heterocycles. The summed E-state index contributed by atoms with van der Waals surface area (Å²) in [5.74, 6) is 4.43. The lowest BCUT2D eigenvalue weighted by Gasteiger charge is -2.10. The van der Waals surface area contributed by atoms with Gasteiger partial charge in [0, 0.05) is 0 Å². The van der Waals surface area contributed by atoms with E-state index in [1.807, 2.05) is 0 Å². The molecule has 0 radical (unpaired) electrons. The van der Waals surface area contributed by atoms with Crippen molar-refractivity contribution in [1.29, 1.82) is 0 Å². The quantitative estimate of drug-likeness (QED) is 0.702. The van der Waals surface area contributed by atoms with E-state index in [4.69, 9.17) is 5.73 Å². The lowest BCUT2D eigenvalue weighted by Crippen LogP contribution is -2.35. The highest BCUT2D eigenvalue weighted by atomic mass is 32.2. The van der Waals surface area contributed by atoms with E-state index in [0.717, 1.165) is 12.1 Å². The summed E-state index contributed by atoms with van der Waals surface area (Å²) in [6.45, 7) is 1.58. The van der Waals surface area contributed by atoms with Crippen molar-refractivity contribution in [1.82, 2.24) is 4.72 Å². The lowest BCUT2D eigenvalue weighted by atomic mass is 10.2. The van der Waals surface area contributed by atoms with Crippen LogP contribution in [0.3, 0.4) is 0 Å². The van der Waals surface area contributed by atoms with Crippen LogP contribution in [-0.2, 0) is 14.9 Å². The molecule has 0 aromatic heterocycles. The summed E-state index contributed by atoms with van der Waals surface area (Å²) in [6.07, 6.45) is -1.12. The van der Waals surface area contributed by atoms with E-state index < -0.39 is 22.1 Å². The molecule has 0 saturated heterocycles. The topological polar surface area (TPSA) is 111 Å². The second-order valence-corrected chi connectivity index (χ2v) is 5.04. The summed E-state index contributed by atoms with van der Waals surface area (Å²) in [6, 6.07) is 3.28. The molecule has 0 aliphatic heterocycles. The summed E-state index contributed by atoms with van der Waals surface area (Å²) in [4.78, 5) is 11.1. The fraction of sp³-hybridized carbons (Fsp3) is 0.250. The maximum absolute atomic E-state index is 13.2. The Bertz CT molecular complexity index is 679. The molecule has 0 aliphatic carbocycles. The van der Waals surface area contributed by atoms with E-state index in [2.05, 4.69) is 21.3 Å². The highest BCUT2D eigenvalue weighted by molar-refractivity contribution is 7.91. The molecular weight excluding hydrogens is 301 g/mol. The molecule has 0 bridgehead atoms. The van der Waals surface area contributed by atoms with Gasteiger partial charge in [-0.15, -0.1) is 0 Å². The second-order valence-electron chi connectivity index (χ2n) is 3.62. The number of amides is 1. The van der Waals surface area contributed by atoms with Crippen molar-refractivity contribution in [2.45, 2.75) is 6.92 Å².